The summed E-state index contributed by atoms with van der Waals surface area (Å²) in [4.78, 5) is 0. The molecular formula is C12H26B. The molecule has 0 aliphatic heterocycles. The first-order valence-corrected chi connectivity index (χ1v) is 6.00. The molecule has 0 bridgehead atoms. The highest BCUT2D eigenvalue weighted by atomic mass is 14.0. The molecule has 13 heavy (non-hydrogen) atoms. The van der Waals surface area contributed by atoms with Gasteiger partial charge in [-0.05, 0) is 5.92 Å². The van der Waals surface area contributed by atoms with Crippen LogP contribution in [0.4, 0.5) is 0 Å². The van der Waals surface area contributed by atoms with Crippen molar-refractivity contribution in [2.24, 2.45) is 5.92 Å². The lowest BCUT2D eigenvalue weighted by Crippen LogP contribution is -2.00. The molecule has 0 aromatic carbocycles. The minimum Gasteiger partial charge on any atom is -0.0800 e. The highest BCUT2D eigenvalue weighted by Gasteiger charge is 2.03. The summed E-state index contributed by atoms with van der Waals surface area (Å²) in [5, 5.41) is 0. The average molecular weight is 181 g/mol. The molecule has 77 valence electrons. The molecule has 0 heterocycles. The van der Waals surface area contributed by atoms with Crippen molar-refractivity contribution in [3.8, 4) is 0 Å². The average Bonchev–Trinajstić information content (AvgIpc) is 2.08. The van der Waals surface area contributed by atoms with Gasteiger partial charge in [-0.25, -0.2) is 0 Å². The maximum absolute atomic E-state index is 2.51. The van der Waals surface area contributed by atoms with E-state index < -0.39 is 0 Å². The van der Waals surface area contributed by atoms with Crippen molar-refractivity contribution < 1.29 is 0 Å². The van der Waals surface area contributed by atoms with Crippen molar-refractivity contribution in [2.75, 3.05) is 0 Å². The lowest BCUT2D eigenvalue weighted by atomic mass is 9.60. The van der Waals surface area contributed by atoms with E-state index in [4.69, 9.17) is 0 Å². The van der Waals surface area contributed by atoms with Gasteiger partial charge in [0.25, 0.3) is 0 Å². The van der Waals surface area contributed by atoms with Crippen molar-refractivity contribution in [1.29, 1.82) is 0 Å². The summed E-state index contributed by atoms with van der Waals surface area (Å²) < 4.78 is 0. The summed E-state index contributed by atoms with van der Waals surface area (Å²) in [5.41, 5.74) is 0. The molecule has 0 aliphatic rings. The predicted molar refractivity (Wildman–Crippen MR) is 63.6 cm³/mol. The van der Waals surface area contributed by atoms with Crippen molar-refractivity contribution >= 4 is 7.28 Å². The topological polar surface area (TPSA) is 0 Å². The summed E-state index contributed by atoms with van der Waals surface area (Å²) in [7, 11) is 2.51. The zero-order chi connectivity index (χ0) is 10.1. The van der Waals surface area contributed by atoms with Gasteiger partial charge in [0.15, 0.2) is 0 Å². The van der Waals surface area contributed by atoms with Gasteiger partial charge in [0, 0.05) is 0 Å². The Morgan fingerprint density at radius 1 is 1.00 bits per heavy atom. The molecule has 1 atom stereocenters. The quantitative estimate of drug-likeness (QED) is 0.380. The molecule has 0 aromatic heterocycles. The Kier molecular flexibility index (Phi) is 8.70. The molecule has 0 rings (SSSR count). The molecule has 0 aliphatic carbocycles. The Balaban J connectivity index is 3.12. The van der Waals surface area contributed by atoms with Gasteiger partial charge in [0.05, 0.1) is 0 Å². The van der Waals surface area contributed by atoms with Crippen LogP contribution in [0.5, 0.6) is 0 Å². The van der Waals surface area contributed by atoms with Crippen LogP contribution in [0.1, 0.15) is 59.8 Å². The molecule has 0 spiro atoms. The smallest absolute Gasteiger partial charge is 0.0800 e. The van der Waals surface area contributed by atoms with E-state index in [-0.39, 0.29) is 0 Å². The molecule has 0 nitrogen and oxygen atoms in total. The third kappa shape index (κ3) is 9.98. The Hall–Kier alpha value is 0.0649. The number of unbranched alkanes of at least 4 members (excludes halogenated alkanes) is 1. The van der Waals surface area contributed by atoms with E-state index >= 15 is 0 Å². The fraction of sp³-hybridized carbons (Fsp3) is 1.00. The lowest BCUT2D eigenvalue weighted by Gasteiger charge is -2.09. The van der Waals surface area contributed by atoms with Crippen molar-refractivity contribution in [2.45, 2.75) is 71.9 Å². The molecule has 0 amide bonds. The van der Waals surface area contributed by atoms with E-state index in [9.17, 15) is 0 Å². The van der Waals surface area contributed by atoms with Crippen LogP contribution in [-0.2, 0) is 0 Å². The maximum atomic E-state index is 2.51. The SMILES string of the molecule is CCCCC(C)[B]CCCC(C)C. The van der Waals surface area contributed by atoms with Crippen LogP contribution < -0.4 is 0 Å². The second-order valence-corrected chi connectivity index (χ2v) is 4.68. The number of rotatable bonds is 8. The summed E-state index contributed by atoms with van der Waals surface area (Å²) in [6.07, 6.45) is 8.21. The summed E-state index contributed by atoms with van der Waals surface area (Å²) >= 11 is 0. The third-order valence-electron chi connectivity index (χ3n) is 2.57. The van der Waals surface area contributed by atoms with Gasteiger partial charge >= 0.3 is 0 Å². The first kappa shape index (κ1) is 13.1. The van der Waals surface area contributed by atoms with Crippen LogP contribution >= 0.6 is 0 Å². The van der Waals surface area contributed by atoms with Crippen molar-refractivity contribution in [1.82, 2.24) is 0 Å². The first-order valence-electron chi connectivity index (χ1n) is 6.00. The monoisotopic (exact) mass is 181 g/mol. The predicted octanol–water partition coefficient (Wildman–Crippen LogP) is 4.54. The molecule has 0 N–H and O–H groups in total. The van der Waals surface area contributed by atoms with Gasteiger partial charge in [0.1, 0.15) is 7.28 Å². The van der Waals surface area contributed by atoms with Crippen molar-refractivity contribution in [3.63, 3.8) is 0 Å². The summed E-state index contributed by atoms with van der Waals surface area (Å²) in [5.74, 6) is 1.71. The molecule has 1 unspecified atom stereocenters. The zero-order valence-electron chi connectivity index (χ0n) is 9.97. The van der Waals surface area contributed by atoms with Crippen LogP contribution in [0.3, 0.4) is 0 Å². The van der Waals surface area contributed by atoms with Crippen LogP contribution in [0.2, 0.25) is 12.1 Å². The lowest BCUT2D eigenvalue weighted by molar-refractivity contribution is 0.573. The molecule has 1 radical (unpaired) electrons. The molecule has 1 heteroatoms. The van der Waals surface area contributed by atoms with Gasteiger partial charge in [-0.3, -0.25) is 0 Å². The fourth-order valence-electron chi connectivity index (χ4n) is 1.57. The van der Waals surface area contributed by atoms with Gasteiger partial charge in [-0.1, -0.05) is 71.9 Å². The Morgan fingerprint density at radius 2 is 1.69 bits per heavy atom. The highest BCUT2D eigenvalue weighted by molar-refractivity contribution is 6.37. The molecule has 0 saturated carbocycles. The Morgan fingerprint density at radius 3 is 2.23 bits per heavy atom. The van der Waals surface area contributed by atoms with Crippen molar-refractivity contribution in [3.05, 3.63) is 0 Å². The highest BCUT2D eigenvalue weighted by Crippen LogP contribution is 2.16. The largest absolute Gasteiger partial charge is 0.113 e. The standard InChI is InChI=1S/C12H26B/c1-5-6-9-12(4)13-10-7-8-11(2)3/h11-12H,5-10H2,1-4H3. The van der Waals surface area contributed by atoms with Gasteiger partial charge in [-0.15, -0.1) is 0 Å². The molecule has 0 saturated heterocycles. The second kappa shape index (κ2) is 8.65. The zero-order valence-corrected chi connectivity index (χ0v) is 9.97. The molecule has 0 aromatic rings. The van der Waals surface area contributed by atoms with Gasteiger partial charge in [0.2, 0.25) is 0 Å². The fourth-order valence-corrected chi connectivity index (χ4v) is 1.57. The van der Waals surface area contributed by atoms with E-state index in [2.05, 4.69) is 35.0 Å². The Bertz CT molecular complexity index is 99.3. The minimum atomic E-state index is 0.840. The van der Waals surface area contributed by atoms with Gasteiger partial charge < -0.3 is 0 Å². The minimum absolute atomic E-state index is 0.840. The number of hydrogen-bond acceptors (Lipinski definition) is 0. The van der Waals surface area contributed by atoms with E-state index in [1.54, 1.807) is 0 Å². The maximum Gasteiger partial charge on any atom is 0.113 e. The van der Waals surface area contributed by atoms with E-state index in [0.29, 0.717) is 0 Å². The van der Waals surface area contributed by atoms with E-state index in [1.807, 2.05) is 0 Å². The van der Waals surface area contributed by atoms with Crippen LogP contribution in [0.15, 0.2) is 0 Å². The summed E-state index contributed by atoms with van der Waals surface area (Å²) in [6, 6.07) is 0. The van der Waals surface area contributed by atoms with Gasteiger partial charge in [-0.2, -0.15) is 0 Å². The molecular weight excluding hydrogens is 155 g/mol. The van der Waals surface area contributed by atoms with Crippen LogP contribution in [0, 0.1) is 5.92 Å². The first-order chi connectivity index (χ1) is 6.16. The second-order valence-electron chi connectivity index (χ2n) is 4.68. The van der Waals surface area contributed by atoms with E-state index in [0.717, 1.165) is 11.7 Å². The molecule has 0 fully saturated rings. The Labute approximate surface area is 85.7 Å². The third-order valence-corrected chi connectivity index (χ3v) is 2.57. The van der Waals surface area contributed by atoms with E-state index in [1.165, 1.54) is 38.4 Å². The summed E-state index contributed by atoms with van der Waals surface area (Å²) in [6.45, 7) is 9.23. The van der Waals surface area contributed by atoms with Crippen LogP contribution in [0.25, 0.3) is 0 Å². The normalized spacial score (nSPS) is 13.3. The number of hydrogen-bond donors (Lipinski definition) is 0. The van der Waals surface area contributed by atoms with Crippen LogP contribution in [-0.4, -0.2) is 7.28 Å².